The van der Waals surface area contributed by atoms with E-state index in [-0.39, 0.29) is 11.8 Å². The van der Waals surface area contributed by atoms with Gasteiger partial charge in [0.1, 0.15) is 0 Å². The fourth-order valence-corrected chi connectivity index (χ4v) is 3.62. The molecule has 28 heavy (non-hydrogen) atoms. The van der Waals surface area contributed by atoms with Gasteiger partial charge in [0.25, 0.3) is 0 Å². The summed E-state index contributed by atoms with van der Waals surface area (Å²) in [7, 11) is 1.89. The molecule has 0 aliphatic carbocycles. The predicted molar refractivity (Wildman–Crippen MR) is 111 cm³/mol. The Labute approximate surface area is 166 Å². The molecule has 1 saturated heterocycles. The number of amides is 1. The van der Waals surface area contributed by atoms with Crippen LogP contribution in [0.5, 0.6) is 0 Å². The zero-order valence-corrected chi connectivity index (χ0v) is 16.4. The van der Waals surface area contributed by atoms with Gasteiger partial charge in [-0.1, -0.05) is 55.5 Å². The van der Waals surface area contributed by atoms with Crippen LogP contribution < -0.4 is 5.32 Å². The summed E-state index contributed by atoms with van der Waals surface area (Å²) in [4.78, 5) is 14.7. The molecular formula is C23H26N4O. The highest BCUT2D eigenvalue weighted by Gasteiger charge is 2.30. The average Bonchev–Trinajstić information content (AvgIpc) is 3.11. The number of aromatic nitrogens is 2. The summed E-state index contributed by atoms with van der Waals surface area (Å²) in [6.07, 6.45) is 2.04. The van der Waals surface area contributed by atoms with Crippen LogP contribution in [0.2, 0.25) is 0 Å². The van der Waals surface area contributed by atoms with Gasteiger partial charge in [-0.25, -0.2) is 4.68 Å². The number of nitrogens with one attached hydrogen (secondary N) is 1. The molecular weight excluding hydrogens is 348 g/mol. The molecule has 1 atom stereocenters. The summed E-state index contributed by atoms with van der Waals surface area (Å²) in [6, 6.07) is 20.2. The minimum atomic E-state index is 0.0376. The predicted octanol–water partition coefficient (Wildman–Crippen LogP) is 3.35. The molecule has 2 heterocycles. The molecule has 1 fully saturated rings. The SMILES string of the molecule is CC(C(=O)N(C)Cc1cn(-c2ccccc2)nc1-c1ccccc1)C1CNC1. The van der Waals surface area contributed by atoms with Gasteiger partial charge in [0.2, 0.25) is 5.91 Å². The Kier molecular flexibility index (Phi) is 5.26. The van der Waals surface area contributed by atoms with Gasteiger partial charge in [-0.05, 0) is 31.1 Å². The lowest BCUT2D eigenvalue weighted by atomic mass is 9.88. The van der Waals surface area contributed by atoms with Crippen molar-refractivity contribution in [2.75, 3.05) is 20.1 Å². The topological polar surface area (TPSA) is 50.2 Å². The molecule has 1 aliphatic heterocycles. The summed E-state index contributed by atoms with van der Waals surface area (Å²) in [5.41, 5.74) is 4.03. The molecule has 0 saturated carbocycles. The first-order valence-electron chi connectivity index (χ1n) is 9.78. The van der Waals surface area contributed by atoms with Crippen LogP contribution in [0, 0.1) is 11.8 Å². The summed E-state index contributed by atoms with van der Waals surface area (Å²) in [5, 5.41) is 8.09. The second kappa shape index (κ2) is 7.98. The van der Waals surface area contributed by atoms with E-state index in [1.807, 2.05) is 78.3 Å². The number of benzene rings is 2. The maximum atomic E-state index is 12.9. The van der Waals surface area contributed by atoms with Crippen LogP contribution in [0.3, 0.4) is 0 Å². The number of nitrogens with zero attached hydrogens (tertiary/aromatic N) is 3. The van der Waals surface area contributed by atoms with Crippen molar-refractivity contribution in [2.45, 2.75) is 13.5 Å². The second-order valence-electron chi connectivity index (χ2n) is 7.55. The van der Waals surface area contributed by atoms with Crippen LogP contribution in [0.1, 0.15) is 12.5 Å². The summed E-state index contributed by atoms with van der Waals surface area (Å²) >= 11 is 0. The monoisotopic (exact) mass is 374 g/mol. The van der Waals surface area contributed by atoms with Gasteiger partial charge < -0.3 is 10.2 Å². The average molecular weight is 374 g/mol. The van der Waals surface area contributed by atoms with E-state index >= 15 is 0 Å². The highest BCUT2D eigenvalue weighted by Crippen LogP contribution is 2.26. The maximum Gasteiger partial charge on any atom is 0.225 e. The van der Waals surface area contributed by atoms with E-state index in [9.17, 15) is 4.79 Å². The standard InChI is InChI=1S/C23H26N4O/c1-17(19-13-24-14-19)23(28)26(2)15-20-16-27(21-11-7-4-8-12-21)25-22(20)18-9-5-3-6-10-18/h3-12,16-17,19,24H,13-15H2,1-2H3. The molecule has 1 aromatic heterocycles. The third-order valence-corrected chi connectivity index (χ3v) is 5.55. The van der Waals surface area contributed by atoms with Gasteiger partial charge in [-0.2, -0.15) is 5.10 Å². The molecule has 1 N–H and O–H groups in total. The molecule has 5 nitrogen and oxygen atoms in total. The zero-order chi connectivity index (χ0) is 19.5. The van der Waals surface area contributed by atoms with Crippen molar-refractivity contribution in [3.63, 3.8) is 0 Å². The smallest absolute Gasteiger partial charge is 0.225 e. The van der Waals surface area contributed by atoms with Crippen LogP contribution >= 0.6 is 0 Å². The largest absolute Gasteiger partial charge is 0.341 e. The number of hydrogen-bond donors (Lipinski definition) is 1. The Bertz CT molecular complexity index is 932. The van der Waals surface area contributed by atoms with Crippen molar-refractivity contribution in [2.24, 2.45) is 11.8 Å². The lowest BCUT2D eigenvalue weighted by Gasteiger charge is -2.33. The minimum absolute atomic E-state index is 0.0376. The first-order chi connectivity index (χ1) is 13.6. The Hall–Kier alpha value is -2.92. The molecule has 3 aromatic rings. The molecule has 0 bridgehead atoms. The lowest BCUT2D eigenvalue weighted by molar-refractivity contribution is -0.136. The van der Waals surface area contributed by atoms with Crippen molar-refractivity contribution in [1.29, 1.82) is 0 Å². The second-order valence-corrected chi connectivity index (χ2v) is 7.55. The van der Waals surface area contributed by atoms with E-state index in [0.29, 0.717) is 12.5 Å². The van der Waals surface area contributed by atoms with Crippen molar-refractivity contribution >= 4 is 5.91 Å². The highest BCUT2D eigenvalue weighted by atomic mass is 16.2. The van der Waals surface area contributed by atoms with Crippen LogP contribution in [0.4, 0.5) is 0 Å². The first kappa shape index (κ1) is 18.4. The lowest BCUT2D eigenvalue weighted by Crippen LogP contribution is -2.49. The van der Waals surface area contributed by atoms with Gasteiger partial charge in [0, 0.05) is 36.8 Å². The van der Waals surface area contributed by atoms with Crippen LogP contribution in [0.15, 0.2) is 66.9 Å². The van der Waals surface area contributed by atoms with Gasteiger partial charge in [-0.15, -0.1) is 0 Å². The molecule has 0 spiro atoms. The Balaban J connectivity index is 1.63. The van der Waals surface area contributed by atoms with Crippen molar-refractivity contribution < 1.29 is 4.79 Å². The Morgan fingerprint density at radius 3 is 2.39 bits per heavy atom. The molecule has 144 valence electrons. The first-order valence-corrected chi connectivity index (χ1v) is 9.78. The number of para-hydroxylation sites is 1. The number of hydrogen-bond acceptors (Lipinski definition) is 3. The number of carbonyl (C=O) groups is 1. The molecule has 5 heteroatoms. The minimum Gasteiger partial charge on any atom is -0.341 e. The van der Waals surface area contributed by atoms with Crippen LogP contribution in [0.25, 0.3) is 16.9 Å². The van der Waals surface area contributed by atoms with E-state index in [4.69, 9.17) is 5.10 Å². The van der Waals surface area contributed by atoms with E-state index in [0.717, 1.165) is 35.6 Å². The fraction of sp³-hybridized carbons (Fsp3) is 0.304. The van der Waals surface area contributed by atoms with E-state index < -0.39 is 0 Å². The third-order valence-electron chi connectivity index (χ3n) is 5.55. The van der Waals surface area contributed by atoms with Gasteiger partial charge >= 0.3 is 0 Å². The van der Waals surface area contributed by atoms with E-state index in [1.165, 1.54) is 0 Å². The van der Waals surface area contributed by atoms with E-state index in [1.54, 1.807) is 0 Å². The highest BCUT2D eigenvalue weighted by molar-refractivity contribution is 5.79. The molecule has 4 rings (SSSR count). The number of rotatable bonds is 6. The van der Waals surface area contributed by atoms with Crippen molar-refractivity contribution in [3.8, 4) is 16.9 Å². The number of carbonyl (C=O) groups excluding carboxylic acids is 1. The summed E-state index contributed by atoms with van der Waals surface area (Å²) in [6.45, 7) is 4.44. The molecule has 1 unspecified atom stereocenters. The quantitative estimate of drug-likeness (QED) is 0.720. The summed E-state index contributed by atoms with van der Waals surface area (Å²) < 4.78 is 1.90. The normalized spacial score (nSPS) is 15.1. The van der Waals surface area contributed by atoms with E-state index in [2.05, 4.69) is 17.4 Å². The molecule has 0 radical (unpaired) electrons. The zero-order valence-electron chi connectivity index (χ0n) is 16.4. The molecule has 2 aromatic carbocycles. The Morgan fingerprint density at radius 2 is 1.79 bits per heavy atom. The van der Waals surface area contributed by atoms with Crippen molar-refractivity contribution in [3.05, 3.63) is 72.4 Å². The fourth-order valence-electron chi connectivity index (χ4n) is 3.62. The Morgan fingerprint density at radius 1 is 1.14 bits per heavy atom. The third kappa shape index (κ3) is 3.71. The molecule has 1 aliphatic rings. The van der Waals surface area contributed by atoms with Crippen LogP contribution in [-0.2, 0) is 11.3 Å². The van der Waals surface area contributed by atoms with Crippen molar-refractivity contribution in [1.82, 2.24) is 20.0 Å². The van der Waals surface area contributed by atoms with Gasteiger partial charge in [0.15, 0.2) is 0 Å². The van der Waals surface area contributed by atoms with Crippen LogP contribution in [-0.4, -0.2) is 40.7 Å². The van der Waals surface area contributed by atoms with Gasteiger partial charge in [-0.3, -0.25) is 4.79 Å². The van der Waals surface area contributed by atoms with Gasteiger partial charge in [0.05, 0.1) is 11.4 Å². The summed E-state index contributed by atoms with van der Waals surface area (Å²) in [5.74, 6) is 0.671. The maximum absolute atomic E-state index is 12.9. The molecule has 1 amide bonds.